The van der Waals surface area contributed by atoms with Gasteiger partial charge >= 0.3 is 12.0 Å². The van der Waals surface area contributed by atoms with E-state index >= 15 is 0 Å². The first-order chi connectivity index (χ1) is 9.19. The van der Waals surface area contributed by atoms with Crippen LogP contribution in [0.25, 0.3) is 0 Å². The van der Waals surface area contributed by atoms with E-state index in [1.807, 2.05) is 25.7 Å². The molecular formula is C14H27N3O3. The van der Waals surface area contributed by atoms with Crippen LogP contribution in [0, 0.1) is 0 Å². The molecule has 1 aliphatic rings. The Hall–Kier alpha value is -1.30. The quantitative estimate of drug-likeness (QED) is 0.788. The summed E-state index contributed by atoms with van der Waals surface area (Å²) in [5.74, 6) is -0.232. The highest BCUT2D eigenvalue weighted by Crippen LogP contribution is 2.12. The minimum atomic E-state index is -0.444. The average molecular weight is 285 g/mol. The van der Waals surface area contributed by atoms with E-state index in [2.05, 4.69) is 5.32 Å². The third-order valence-electron chi connectivity index (χ3n) is 3.10. The Morgan fingerprint density at radius 1 is 1.25 bits per heavy atom. The van der Waals surface area contributed by atoms with E-state index in [1.54, 1.807) is 19.0 Å². The fourth-order valence-electron chi connectivity index (χ4n) is 2.16. The van der Waals surface area contributed by atoms with E-state index in [1.165, 1.54) is 0 Å². The highest BCUT2D eigenvalue weighted by Gasteiger charge is 2.24. The Morgan fingerprint density at radius 2 is 1.80 bits per heavy atom. The van der Waals surface area contributed by atoms with Gasteiger partial charge in [0.05, 0.1) is 6.54 Å². The van der Waals surface area contributed by atoms with Gasteiger partial charge in [0.15, 0.2) is 0 Å². The Kier molecular flexibility index (Phi) is 5.80. The molecule has 1 heterocycles. The topological polar surface area (TPSA) is 61.9 Å². The number of esters is 1. The highest BCUT2D eigenvalue weighted by molar-refractivity contribution is 5.74. The van der Waals surface area contributed by atoms with Gasteiger partial charge in [-0.15, -0.1) is 0 Å². The molecule has 0 spiro atoms. The normalized spacial score (nSPS) is 16.9. The number of carbonyl (C=O) groups excluding carboxylic acids is 2. The van der Waals surface area contributed by atoms with Crippen LogP contribution in [0.2, 0.25) is 0 Å². The second-order valence-corrected chi connectivity index (χ2v) is 6.41. The van der Waals surface area contributed by atoms with E-state index < -0.39 is 5.60 Å². The molecule has 0 aromatic carbocycles. The maximum atomic E-state index is 11.8. The largest absolute Gasteiger partial charge is 0.459 e. The second kappa shape index (κ2) is 6.92. The predicted octanol–water partition coefficient (Wildman–Crippen LogP) is 1.06. The zero-order chi connectivity index (χ0) is 15.3. The Morgan fingerprint density at radius 3 is 2.25 bits per heavy atom. The third kappa shape index (κ3) is 5.77. The van der Waals surface area contributed by atoms with Gasteiger partial charge in [-0.05, 0) is 33.6 Å². The van der Waals surface area contributed by atoms with E-state index in [4.69, 9.17) is 4.74 Å². The first kappa shape index (κ1) is 16.8. The van der Waals surface area contributed by atoms with Crippen LogP contribution >= 0.6 is 0 Å². The van der Waals surface area contributed by atoms with Gasteiger partial charge in [0, 0.05) is 33.2 Å². The summed E-state index contributed by atoms with van der Waals surface area (Å²) in [4.78, 5) is 26.8. The maximum Gasteiger partial charge on any atom is 0.320 e. The van der Waals surface area contributed by atoms with E-state index in [0.29, 0.717) is 0 Å². The van der Waals surface area contributed by atoms with Crippen LogP contribution in [-0.4, -0.2) is 67.2 Å². The van der Waals surface area contributed by atoms with Crippen LogP contribution in [0.3, 0.4) is 0 Å². The Bertz CT molecular complexity index is 342. The zero-order valence-electron chi connectivity index (χ0n) is 13.2. The lowest BCUT2D eigenvalue weighted by Crippen LogP contribution is -2.49. The van der Waals surface area contributed by atoms with E-state index in [-0.39, 0.29) is 24.6 Å². The number of hydrogen-bond donors (Lipinski definition) is 1. The molecule has 0 atom stereocenters. The fourth-order valence-corrected chi connectivity index (χ4v) is 2.16. The van der Waals surface area contributed by atoms with Crippen LogP contribution < -0.4 is 5.32 Å². The van der Waals surface area contributed by atoms with Crippen molar-refractivity contribution >= 4 is 12.0 Å². The molecule has 6 heteroatoms. The van der Waals surface area contributed by atoms with Crippen molar-refractivity contribution in [3.8, 4) is 0 Å². The molecule has 0 aromatic heterocycles. The van der Waals surface area contributed by atoms with Gasteiger partial charge in [0.2, 0.25) is 0 Å². The molecule has 1 aliphatic heterocycles. The molecule has 6 nitrogen and oxygen atoms in total. The van der Waals surface area contributed by atoms with Crippen LogP contribution in [-0.2, 0) is 9.53 Å². The second-order valence-electron chi connectivity index (χ2n) is 6.41. The van der Waals surface area contributed by atoms with Gasteiger partial charge in [-0.1, -0.05) is 0 Å². The van der Waals surface area contributed by atoms with Crippen molar-refractivity contribution < 1.29 is 14.3 Å². The van der Waals surface area contributed by atoms with Crippen LogP contribution in [0.5, 0.6) is 0 Å². The SMILES string of the molecule is CN(C)C(=O)N1CCC(NCC(=O)OC(C)(C)C)CC1. The molecular weight excluding hydrogens is 258 g/mol. The number of nitrogens with one attached hydrogen (secondary N) is 1. The molecule has 0 bridgehead atoms. The van der Waals surface area contributed by atoms with Crippen molar-refractivity contribution in [3.05, 3.63) is 0 Å². The summed E-state index contributed by atoms with van der Waals surface area (Å²) >= 11 is 0. The summed E-state index contributed by atoms with van der Waals surface area (Å²) in [6, 6.07) is 0.323. The van der Waals surface area contributed by atoms with Crippen molar-refractivity contribution in [2.24, 2.45) is 0 Å². The fraction of sp³-hybridized carbons (Fsp3) is 0.857. The standard InChI is InChI=1S/C14H27N3O3/c1-14(2,3)20-12(18)10-15-11-6-8-17(9-7-11)13(19)16(4)5/h11,15H,6-10H2,1-5H3. The lowest BCUT2D eigenvalue weighted by atomic mass is 10.1. The first-order valence-corrected chi connectivity index (χ1v) is 7.10. The van der Waals surface area contributed by atoms with Gasteiger partial charge in [-0.3, -0.25) is 4.79 Å². The predicted molar refractivity (Wildman–Crippen MR) is 77.5 cm³/mol. The van der Waals surface area contributed by atoms with Gasteiger partial charge in [-0.2, -0.15) is 0 Å². The maximum absolute atomic E-state index is 11.8. The van der Waals surface area contributed by atoms with Crippen LogP contribution in [0.1, 0.15) is 33.6 Å². The van der Waals surface area contributed by atoms with Gasteiger partial charge in [-0.25, -0.2) is 4.79 Å². The van der Waals surface area contributed by atoms with Crippen molar-refractivity contribution in [3.63, 3.8) is 0 Å². The Labute approximate surface area is 121 Å². The number of rotatable bonds is 3. The molecule has 0 radical (unpaired) electrons. The minimum Gasteiger partial charge on any atom is -0.459 e. The first-order valence-electron chi connectivity index (χ1n) is 7.10. The molecule has 20 heavy (non-hydrogen) atoms. The summed E-state index contributed by atoms with van der Waals surface area (Å²) in [5, 5.41) is 3.21. The lowest BCUT2D eigenvalue weighted by Gasteiger charge is -2.34. The van der Waals surface area contributed by atoms with Crippen molar-refractivity contribution in [2.75, 3.05) is 33.7 Å². The number of piperidine rings is 1. The molecule has 0 aromatic rings. The zero-order valence-corrected chi connectivity index (χ0v) is 13.2. The smallest absolute Gasteiger partial charge is 0.320 e. The van der Waals surface area contributed by atoms with Crippen molar-refractivity contribution in [1.82, 2.24) is 15.1 Å². The molecule has 0 saturated carbocycles. The molecule has 2 amide bonds. The number of urea groups is 1. The average Bonchev–Trinajstić information content (AvgIpc) is 2.34. The number of likely N-dealkylation sites (tertiary alicyclic amines) is 1. The van der Waals surface area contributed by atoms with Crippen LogP contribution in [0.15, 0.2) is 0 Å². The third-order valence-corrected chi connectivity index (χ3v) is 3.10. The molecule has 1 saturated heterocycles. The minimum absolute atomic E-state index is 0.0515. The molecule has 0 aliphatic carbocycles. The van der Waals surface area contributed by atoms with Gasteiger partial charge in [0.1, 0.15) is 5.60 Å². The number of nitrogens with zero attached hydrogens (tertiary/aromatic N) is 2. The van der Waals surface area contributed by atoms with E-state index in [9.17, 15) is 9.59 Å². The molecule has 1 fully saturated rings. The highest BCUT2D eigenvalue weighted by atomic mass is 16.6. The lowest BCUT2D eigenvalue weighted by molar-refractivity contribution is -0.153. The summed E-state index contributed by atoms with van der Waals surface area (Å²) in [5.41, 5.74) is -0.444. The van der Waals surface area contributed by atoms with Crippen molar-refractivity contribution in [2.45, 2.75) is 45.3 Å². The summed E-state index contributed by atoms with van der Waals surface area (Å²) in [6.45, 7) is 7.25. The molecule has 0 unspecified atom stereocenters. The summed E-state index contributed by atoms with van der Waals surface area (Å²) in [7, 11) is 3.52. The monoisotopic (exact) mass is 285 g/mol. The molecule has 1 rings (SSSR count). The van der Waals surface area contributed by atoms with Gasteiger partial charge < -0.3 is 19.9 Å². The van der Waals surface area contributed by atoms with E-state index in [0.717, 1.165) is 25.9 Å². The summed E-state index contributed by atoms with van der Waals surface area (Å²) in [6.07, 6.45) is 1.73. The molecule has 1 N–H and O–H groups in total. The number of amides is 2. The molecule has 116 valence electrons. The number of hydrogen-bond acceptors (Lipinski definition) is 4. The van der Waals surface area contributed by atoms with Crippen molar-refractivity contribution in [1.29, 1.82) is 0 Å². The number of carbonyl (C=O) groups is 2. The Balaban J connectivity index is 2.26. The van der Waals surface area contributed by atoms with Gasteiger partial charge in [0.25, 0.3) is 0 Å². The number of ether oxygens (including phenoxy) is 1. The summed E-state index contributed by atoms with van der Waals surface area (Å²) < 4.78 is 5.25. The van der Waals surface area contributed by atoms with Crippen LogP contribution in [0.4, 0.5) is 4.79 Å².